The standard InChI is InChI=1S/C19H23N3O2/c1-23-18-10-6-7-16(19(18)24-2)15-20-22-13-11-21(12-14-22)17-8-4-3-5-9-17/h3-10,15H,11-14H2,1-2H3/b20-15-. The zero-order valence-corrected chi connectivity index (χ0v) is 14.2. The van der Waals surface area contributed by atoms with Crippen molar-refractivity contribution >= 4 is 11.9 Å². The van der Waals surface area contributed by atoms with Crippen molar-refractivity contribution in [1.82, 2.24) is 5.01 Å². The molecule has 2 aromatic carbocycles. The Morgan fingerprint density at radius 1 is 0.875 bits per heavy atom. The third kappa shape index (κ3) is 3.62. The molecule has 0 aliphatic carbocycles. The lowest BCUT2D eigenvalue weighted by molar-refractivity contribution is 0.272. The van der Waals surface area contributed by atoms with Crippen molar-refractivity contribution < 1.29 is 9.47 Å². The van der Waals surface area contributed by atoms with Crippen LogP contribution in [0.2, 0.25) is 0 Å². The molecule has 1 saturated heterocycles. The molecule has 0 amide bonds. The third-order valence-electron chi connectivity index (χ3n) is 4.17. The molecule has 1 fully saturated rings. The minimum atomic E-state index is 0.715. The highest BCUT2D eigenvalue weighted by atomic mass is 16.5. The SMILES string of the molecule is COc1cccc(/C=N\N2CCN(c3ccccc3)CC2)c1OC. The summed E-state index contributed by atoms with van der Waals surface area (Å²) in [5.41, 5.74) is 2.19. The Morgan fingerprint density at radius 3 is 2.29 bits per heavy atom. The zero-order chi connectivity index (χ0) is 16.8. The largest absolute Gasteiger partial charge is 0.493 e. The molecule has 2 aromatic rings. The van der Waals surface area contributed by atoms with E-state index in [0.717, 1.165) is 37.5 Å². The number of piperazine rings is 1. The number of rotatable bonds is 5. The first-order valence-corrected chi connectivity index (χ1v) is 8.11. The summed E-state index contributed by atoms with van der Waals surface area (Å²) in [5.74, 6) is 1.43. The van der Waals surface area contributed by atoms with E-state index in [9.17, 15) is 0 Å². The topological polar surface area (TPSA) is 37.3 Å². The molecule has 1 heterocycles. The number of hydrogen-bond acceptors (Lipinski definition) is 5. The van der Waals surface area contributed by atoms with Gasteiger partial charge in [-0.25, -0.2) is 0 Å². The number of benzene rings is 2. The summed E-state index contributed by atoms with van der Waals surface area (Å²) in [4.78, 5) is 2.39. The molecule has 5 heteroatoms. The number of methoxy groups -OCH3 is 2. The Kier molecular flexibility index (Phi) is 5.21. The van der Waals surface area contributed by atoms with Gasteiger partial charge < -0.3 is 14.4 Å². The number of hydrogen-bond donors (Lipinski definition) is 0. The van der Waals surface area contributed by atoms with Crippen molar-refractivity contribution in [3.8, 4) is 11.5 Å². The molecular weight excluding hydrogens is 302 g/mol. The van der Waals surface area contributed by atoms with Crippen LogP contribution in [0.15, 0.2) is 53.6 Å². The van der Waals surface area contributed by atoms with Crippen LogP contribution in [0.5, 0.6) is 11.5 Å². The van der Waals surface area contributed by atoms with Crippen molar-refractivity contribution in [1.29, 1.82) is 0 Å². The van der Waals surface area contributed by atoms with E-state index < -0.39 is 0 Å². The first kappa shape index (κ1) is 16.2. The molecule has 0 unspecified atom stereocenters. The fourth-order valence-electron chi connectivity index (χ4n) is 2.87. The number of hydrazone groups is 1. The first-order valence-electron chi connectivity index (χ1n) is 8.11. The molecule has 3 rings (SSSR count). The van der Waals surface area contributed by atoms with Gasteiger partial charge in [0, 0.05) is 24.3 Å². The van der Waals surface area contributed by atoms with Crippen LogP contribution in [-0.2, 0) is 0 Å². The monoisotopic (exact) mass is 325 g/mol. The Morgan fingerprint density at radius 2 is 1.62 bits per heavy atom. The highest BCUT2D eigenvalue weighted by Crippen LogP contribution is 2.29. The Bertz CT molecular complexity index is 680. The maximum Gasteiger partial charge on any atom is 0.169 e. The Balaban J connectivity index is 1.63. The van der Waals surface area contributed by atoms with Crippen molar-refractivity contribution in [3.05, 3.63) is 54.1 Å². The van der Waals surface area contributed by atoms with Crippen LogP contribution in [0.3, 0.4) is 0 Å². The van der Waals surface area contributed by atoms with Crippen molar-refractivity contribution in [2.45, 2.75) is 0 Å². The fraction of sp³-hybridized carbons (Fsp3) is 0.316. The summed E-state index contributed by atoms with van der Waals surface area (Å²) in [6, 6.07) is 16.3. The van der Waals surface area contributed by atoms with Gasteiger partial charge in [-0.3, -0.25) is 5.01 Å². The lowest BCUT2D eigenvalue weighted by atomic mass is 10.2. The highest BCUT2D eigenvalue weighted by Gasteiger charge is 2.15. The molecule has 0 atom stereocenters. The molecule has 0 saturated carbocycles. The quantitative estimate of drug-likeness (QED) is 0.792. The van der Waals surface area contributed by atoms with Gasteiger partial charge in [-0.2, -0.15) is 5.10 Å². The molecule has 1 aliphatic heterocycles. The maximum absolute atomic E-state index is 5.44. The van der Waals surface area contributed by atoms with E-state index in [2.05, 4.69) is 39.3 Å². The normalized spacial score (nSPS) is 14.9. The van der Waals surface area contributed by atoms with Crippen LogP contribution < -0.4 is 14.4 Å². The van der Waals surface area contributed by atoms with Gasteiger partial charge in [-0.15, -0.1) is 0 Å². The highest BCUT2D eigenvalue weighted by molar-refractivity contribution is 5.84. The van der Waals surface area contributed by atoms with E-state index in [1.165, 1.54) is 5.69 Å². The van der Waals surface area contributed by atoms with Crippen molar-refractivity contribution in [3.63, 3.8) is 0 Å². The average Bonchev–Trinajstić information content (AvgIpc) is 2.67. The molecule has 24 heavy (non-hydrogen) atoms. The lowest BCUT2D eigenvalue weighted by Crippen LogP contribution is -2.44. The lowest BCUT2D eigenvalue weighted by Gasteiger charge is -2.34. The van der Waals surface area contributed by atoms with Gasteiger partial charge >= 0.3 is 0 Å². The molecule has 0 aromatic heterocycles. The van der Waals surface area contributed by atoms with Gasteiger partial charge in [0.25, 0.3) is 0 Å². The maximum atomic E-state index is 5.44. The summed E-state index contributed by atoms with van der Waals surface area (Å²) in [6.45, 7) is 3.74. The molecule has 5 nitrogen and oxygen atoms in total. The van der Waals surface area contributed by atoms with Gasteiger partial charge in [0.2, 0.25) is 0 Å². The molecule has 0 bridgehead atoms. The minimum absolute atomic E-state index is 0.715. The van der Waals surface area contributed by atoms with E-state index in [1.54, 1.807) is 14.2 Å². The van der Waals surface area contributed by atoms with Crippen LogP contribution >= 0.6 is 0 Å². The van der Waals surface area contributed by atoms with E-state index >= 15 is 0 Å². The van der Waals surface area contributed by atoms with Gasteiger partial charge in [0.15, 0.2) is 11.5 Å². The number of anilines is 1. The summed E-state index contributed by atoms with van der Waals surface area (Å²) in [6.07, 6.45) is 1.85. The summed E-state index contributed by atoms with van der Waals surface area (Å²) in [5, 5.41) is 6.71. The number of nitrogens with zero attached hydrogens (tertiary/aromatic N) is 3. The van der Waals surface area contributed by atoms with Crippen LogP contribution in [0.25, 0.3) is 0 Å². The average molecular weight is 325 g/mol. The zero-order valence-electron chi connectivity index (χ0n) is 14.2. The predicted molar refractivity (Wildman–Crippen MR) is 97.4 cm³/mol. The molecule has 126 valence electrons. The fourth-order valence-corrected chi connectivity index (χ4v) is 2.87. The molecule has 0 N–H and O–H groups in total. The van der Waals surface area contributed by atoms with Gasteiger partial charge in [-0.1, -0.05) is 24.3 Å². The van der Waals surface area contributed by atoms with Crippen LogP contribution in [0.4, 0.5) is 5.69 Å². The smallest absolute Gasteiger partial charge is 0.169 e. The first-order chi connectivity index (χ1) is 11.8. The predicted octanol–water partition coefficient (Wildman–Crippen LogP) is 2.86. The van der Waals surface area contributed by atoms with Crippen LogP contribution in [0, 0.1) is 0 Å². The van der Waals surface area contributed by atoms with Crippen LogP contribution in [-0.4, -0.2) is 51.6 Å². The second-order valence-corrected chi connectivity index (χ2v) is 5.60. The second-order valence-electron chi connectivity index (χ2n) is 5.60. The van der Waals surface area contributed by atoms with E-state index in [0.29, 0.717) is 5.75 Å². The van der Waals surface area contributed by atoms with E-state index in [4.69, 9.17) is 9.47 Å². The van der Waals surface area contributed by atoms with E-state index in [-0.39, 0.29) is 0 Å². The van der Waals surface area contributed by atoms with Gasteiger partial charge in [0.05, 0.1) is 33.5 Å². The summed E-state index contributed by atoms with van der Waals surface area (Å²) in [7, 11) is 3.29. The minimum Gasteiger partial charge on any atom is -0.493 e. The third-order valence-corrected chi connectivity index (χ3v) is 4.17. The number of para-hydroxylation sites is 2. The number of ether oxygens (including phenoxy) is 2. The molecule has 0 spiro atoms. The molecule has 1 aliphatic rings. The van der Waals surface area contributed by atoms with E-state index in [1.807, 2.05) is 30.5 Å². The van der Waals surface area contributed by atoms with Gasteiger partial charge in [-0.05, 0) is 24.3 Å². The molecular formula is C19H23N3O2. The molecule has 0 radical (unpaired) electrons. The van der Waals surface area contributed by atoms with Crippen molar-refractivity contribution in [2.24, 2.45) is 5.10 Å². The van der Waals surface area contributed by atoms with Crippen LogP contribution in [0.1, 0.15) is 5.56 Å². The summed E-state index contributed by atoms with van der Waals surface area (Å²) >= 11 is 0. The second kappa shape index (κ2) is 7.73. The van der Waals surface area contributed by atoms with Crippen molar-refractivity contribution in [2.75, 3.05) is 45.3 Å². The van der Waals surface area contributed by atoms with Gasteiger partial charge in [0.1, 0.15) is 0 Å². The Labute approximate surface area is 143 Å². The Hall–Kier alpha value is -2.69. The summed E-state index contributed by atoms with van der Waals surface area (Å²) < 4.78 is 10.8.